The number of anilines is 1. The van der Waals surface area contributed by atoms with Crippen molar-refractivity contribution in [2.45, 2.75) is 12.8 Å². The second kappa shape index (κ2) is 9.84. The van der Waals surface area contributed by atoms with Crippen molar-refractivity contribution in [3.63, 3.8) is 0 Å². The predicted octanol–water partition coefficient (Wildman–Crippen LogP) is 3.28. The topological polar surface area (TPSA) is 97.6 Å². The number of hydrogen-bond acceptors (Lipinski definition) is 5. The highest BCUT2D eigenvalue weighted by atomic mass is 35.5. The van der Waals surface area contributed by atoms with E-state index in [9.17, 15) is 14.4 Å². The molecule has 1 aromatic heterocycles. The highest BCUT2D eigenvalue weighted by molar-refractivity contribution is 6.39. The number of esters is 1. The van der Waals surface area contributed by atoms with Crippen molar-refractivity contribution in [3.05, 3.63) is 52.4 Å². The summed E-state index contributed by atoms with van der Waals surface area (Å²) in [5.41, 5.74) is 0.262. The molecule has 0 fully saturated rings. The number of halogens is 2. The van der Waals surface area contributed by atoms with Gasteiger partial charge in [0.15, 0.2) is 12.4 Å². The van der Waals surface area contributed by atoms with Crippen molar-refractivity contribution in [2.24, 2.45) is 0 Å². The van der Waals surface area contributed by atoms with Crippen LogP contribution in [0.25, 0.3) is 0 Å². The first-order valence-electron chi connectivity index (χ1n) is 7.68. The highest BCUT2D eigenvalue weighted by Crippen LogP contribution is 2.29. The minimum absolute atomic E-state index is 0.0541. The molecule has 0 saturated heterocycles. The van der Waals surface area contributed by atoms with Gasteiger partial charge in [0.05, 0.1) is 22.0 Å². The Hall–Kier alpha value is -2.51. The van der Waals surface area contributed by atoms with Crippen molar-refractivity contribution < 1.29 is 23.5 Å². The van der Waals surface area contributed by atoms with E-state index in [4.69, 9.17) is 32.4 Å². The van der Waals surface area contributed by atoms with E-state index < -0.39 is 18.5 Å². The zero-order valence-electron chi connectivity index (χ0n) is 13.6. The lowest BCUT2D eigenvalue weighted by Crippen LogP contribution is -2.25. The molecule has 138 valence electrons. The van der Waals surface area contributed by atoms with Gasteiger partial charge in [-0.2, -0.15) is 0 Å². The molecule has 2 aromatic rings. The van der Waals surface area contributed by atoms with E-state index in [1.807, 2.05) is 0 Å². The minimum atomic E-state index is -0.558. The maximum absolute atomic E-state index is 11.8. The average Bonchev–Trinajstić information content (AvgIpc) is 3.15. The zero-order valence-corrected chi connectivity index (χ0v) is 15.1. The molecule has 1 aromatic carbocycles. The number of carbonyl (C=O) groups excluding carboxylic acids is 3. The zero-order chi connectivity index (χ0) is 18.9. The van der Waals surface area contributed by atoms with Crippen LogP contribution in [0.4, 0.5) is 5.69 Å². The fraction of sp³-hybridized carbons (Fsp3) is 0.235. The van der Waals surface area contributed by atoms with E-state index in [-0.39, 0.29) is 40.4 Å². The van der Waals surface area contributed by atoms with Crippen LogP contribution in [0.5, 0.6) is 0 Å². The van der Waals surface area contributed by atoms with Gasteiger partial charge in [0.2, 0.25) is 0 Å². The predicted molar refractivity (Wildman–Crippen MR) is 96.3 cm³/mol. The van der Waals surface area contributed by atoms with Gasteiger partial charge in [0.25, 0.3) is 11.8 Å². The second-order valence-electron chi connectivity index (χ2n) is 5.14. The summed E-state index contributed by atoms with van der Waals surface area (Å²) >= 11 is 11.9. The van der Waals surface area contributed by atoms with Crippen LogP contribution in [0.15, 0.2) is 41.0 Å². The smallest absolute Gasteiger partial charge is 0.306 e. The van der Waals surface area contributed by atoms with Crippen LogP contribution in [0.1, 0.15) is 23.4 Å². The van der Waals surface area contributed by atoms with Crippen molar-refractivity contribution in [2.75, 3.05) is 18.5 Å². The van der Waals surface area contributed by atoms with Gasteiger partial charge in [-0.25, -0.2) is 0 Å². The SMILES string of the molecule is O=C(COC(=O)CCCNC(=O)c1ccco1)Nc1c(Cl)cccc1Cl. The van der Waals surface area contributed by atoms with Crippen LogP contribution in [0, 0.1) is 0 Å². The minimum Gasteiger partial charge on any atom is -0.459 e. The van der Waals surface area contributed by atoms with E-state index in [2.05, 4.69) is 10.6 Å². The summed E-state index contributed by atoms with van der Waals surface area (Å²) in [6.07, 6.45) is 1.81. The summed E-state index contributed by atoms with van der Waals surface area (Å²) in [5.74, 6) is -1.28. The van der Waals surface area contributed by atoms with Crippen molar-refractivity contribution >= 4 is 46.7 Å². The molecule has 0 aliphatic heterocycles. The Morgan fingerprint density at radius 2 is 1.81 bits per heavy atom. The maximum Gasteiger partial charge on any atom is 0.306 e. The molecule has 0 atom stereocenters. The first kappa shape index (κ1) is 19.8. The first-order chi connectivity index (χ1) is 12.5. The summed E-state index contributed by atoms with van der Waals surface area (Å²) in [6.45, 7) is -0.185. The molecule has 2 N–H and O–H groups in total. The molecule has 26 heavy (non-hydrogen) atoms. The Balaban J connectivity index is 1.64. The number of hydrogen-bond donors (Lipinski definition) is 2. The molecule has 0 radical (unpaired) electrons. The molecule has 2 rings (SSSR count). The summed E-state index contributed by atoms with van der Waals surface area (Å²) in [5, 5.41) is 5.65. The van der Waals surface area contributed by atoms with Crippen molar-refractivity contribution in [1.29, 1.82) is 0 Å². The van der Waals surface area contributed by atoms with Gasteiger partial charge in [-0.1, -0.05) is 29.3 Å². The van der Waals surface area contributed by atoms with Crippen LogP contribution in [-0.4, -0.2) is 30.9 Å². The molecule has 0 bridgehead atoms. The fourth-order valence-corrected chi connectivity index (χ4v) is 2.43. The van der Waals surface area contributed by atoms with Crippen molar-refractivity contribution in [3.8, 4) is 0 Å². The van der Waals surface area contributed by atoms with E-state index >= 15 is 0 Å². The molecule has 0 saturated carbocycles. The molecular formula is C17H16Cl2N2O5. The molecular weight excluding hydrogens is 383 g/mol. The lowest BCUT2D eigenvalue weighted by molar-refractivity contribution is -0.147. The van der Waals surface area contributed by atoms with Gasteiger partial charge in [-0.3, -0.25) is 14.4 Å². The largest absolute Gasteiger partial charge is 0.459 e. The third-order valence-corrected chi connectivity index (χ3v) is 3.81. The Kier molecular flexibility index (Phi) is 7.50. The Morgan fingerprint density at radius 3 is 2.46 bits per heavy atom. The Labute approximate surface area is 159 Å². The number of para-hydroxylation sites is 1. The van der Waals surface area contributed by atoms with Gasteiger partial charge in [0.1, 0.15) is 0 Å². The lowest BCUT2D eigenvalue weighted by Gasteiger charge is -2.09. The summed E-state index contributed by atoms with van der Waals surface area (Å²) < 4.78 is 9.80. The van der Waals surface area contributed by atoms with Gasteiger partial charge >= 0.3 is 5.97 Å². The fourth-order valence-electron chi connectivity index (χ4n) is 1.94. The normalized spacial score (nSPS) is 10.2. The standard InChI is InChI=1S/C17H16Cl2N2O5/c18-11-4-1-5-12(19)16(11)21-14(22)10-26-15(23)7-2-8-20-17(24)13-6-3-9-25-13/h1,3-6,9H,2,7-8,10H2,(H,20,24)(H,21,22). The summed E-state index contributed by atoms with van der Waals surface area (Å²) in [6, 6.07) is 7.93. The van der Waals surface area contributed by atoms with Crippen LogP contribution in [0.3, 0.4) is 0 Å². The van der Waals surface area contributed by atoms with Gasteiger partial charge in [0, 0.05) is 13.0 Å². The quantitative estimate of drug-likeness (QED) is 0.525. The van der Waals surface area contributed by atoms with E-state index in [0.29, 0.717) is 6.42 Å². The van der Waals surface area contributed by atoms with Crippen LogP contribution in [-0.2, 0) is 14.3 Å². The molecule has 9 heteroatoms. The highest BCUT2D eigenvalue weighted by Gasteiger charge is 2.12. The molecule has 0 aliphatic rings. The number of carbonyl (C=O) groups is 3. The average molecular weight is 399 g/mol. The first-order valence-corrected chi connectivity index (χ1v) is 8.44. The monoisotopic (exact) mass is 398 g/mol. The van der Waals surface area contributed by atoms with Gasteiger partial charge in [-0.15, -0.1) is 0 Å². The van der Waals surface area contributed by atoms with E-state index in [1.54, 1.807) is 24.3 Å². The Bertz CT molecular complexity index is 757. The van der Waals surface area contributed by atoms with Gasteiger partial charge in [-0.05, 0) is 30.7 Å². The summed E-state index contributed by atoms with van der Waals surface area (Å²) in [4.78, 5) is 35.0. The number of nitrogens with one attached hydrogen (secondary N) is 2. The maximum atomic E-state index is 11.8. The van der Waals surface area contributed by atoms with Crippen LogP contribution in [0.2, 0.25) is 10.0 Å². The third kappa shape index (κ3) is 6.09. The van der Waals surface area contributed by atoms with Crippen LogP contribution < -0.4 is 10.6 Å². The summed E-state index contributed by atoms with van der Waals surface area (Å²) in [7, 11) is 0. The second-order valence-corrected chi connectivity index (χ2v) is 5.96. The van der Waals surface area contributed by atoms with E-state index in [0.717, 1.165) is 0 Å². The molecule has 0 unspecified atom stereocenters. The number of benzene rings is 1. The molecule has 0 aliphatic carbocycles. The molecule has 1 heterocycles. The number of rotatable bonds is 8. The van der Waals surface area contributed by atoms with Gasteiger partial charge < -0.3 is 19.8 Å². The Morgan fingerprint density at radius 1 is 1.08 bits per heavy atom. The molecule has 2 amide bonds. The lowest BCUT2D eigenvalue weighted by atomic mass is 10.3. The number of ether oxygens (including phenoxy) is 1. The van der Waals surface area contributed by atoms with E-state index in [1.165, 1.54) is 12.3 Å². The number of furan rings is 1. The third-order valence-electron chi connectivity index (χ3n) is 3.18. The van der Waals surface area contributed by atoms with Crippen molar-refractivity contribution in [1.82, 2.24) is 5.32 Å². The van der Waals surface area contributed by atoms with Crippen LogP contribution >= 0.6 is 23.2 Å². The molecule has 0 spiro atoms. The molecule has 7 nitrogen and oxygen atoms in total. The number of amides is 2.